The van der Waals surface area contributed by atoms with Crippen LogP contribution < -0.4 is 14.8 Å². The molecule has 0 aliphatic carbocycles. The Morgan fingerprint density at radius 1 is 1.20 bits per heavy atom. The van der Waals surface area contributed by atoms with Crippen LogP contribution in [0.5, 0.6) is 11.5 Å². The highest BCUT2D eigenvalue weighted by Crippen LogP contribution is 2.28. The van der Waals surface area contributed by atoms with Crippen LogP contribution in [0.15, 0.2) is 48.5 Å². The van der Waals surface area contributed by atoms with Crippen LogP contribution in [0, 0.1) is 11.3 Å². The van der Waals surface area contributed by atoms with E-state index in [9.17, 15) is 4.79 Å². The molecule has 0 aliphatic heterocycles. The normalized spacial score (nSPS) is 10.3. The number of benzene rings is 2. The van der Waals surface area contributed by atoms with Gasteiger partial charge in [-0.1, -0.05) is 30.4 Å². The summed E-state index contributed by atoms with van der Waals surface area (Å²) < 4.78 is 10.9. The molecular weight excluding hydrogens is 316 g/mol. The van der Waals surface area contributed by atoms with Crippen molar-refractivity contribution >= 4 is 17.7 Å². The number of hydrogen-bond donors (Lipinski definition) is 1. The third-order valence-corrected chi connectivity index (χ3v) is 3.43. The van der Waals surface area contributed by atoms with Crippen molar-refractivity contribution in [2.45, 2.75) is 13.3 Å². The molecule has 0 radical (unpaired) electrons. The molecule has 25 heavy (non-hydrogen) atoms. The maximum atomic E-state index is 12.0. The molecule has 2 rings (SSSR count). The van der Waals surface area contributed by atoms with Gasteiger partial charge in [0, 0.05) is 5.69 Å². The number of hydrogen-bond acceptors (Lipinski definition) is 4. The second-order valence-electron chi connectivity index (χ2n) is 5.28. The largest absolute Gasteiger partial charge is 0.493 e. The Bertz CT molecular complexity index is 790. The number of allylic oxidation sites excluding steroid dienone is 1. The SMILES string of the molecule is C/C=C/c1ccc(OCC(=O)Nc2ccc(CC#N)cc2)c(OC)c1. The molecule has 0 atom stereocenters. The van der Waals surface area contributed by atoms with E-state index in [1.165, 1.54) is 0 Å². The zero-order valence-electron chi connectivity index (χ0n) is 14.3. The van der Waals surface area contributed by atoms with E-state index in [0.717, 1.165) is 11.1 Å². The van der Waals surface area contributed by atoms with Crippen molar-refractivity contribution in [3.05, 3.63) is 59.7 Å². The van der Waals surface area contributed by atoms with Crippen LogP contribution in [-0.4, -0.2) is 19.6 Å². The second-order valence-corrected chi connectivity index (χ2v) is 5.28. The van der Waals surface area contributed by atoms with Crippen molar-refractivity contribution in [1.82, 2.24) is 0 Å². The Hall–Kier alpha value is -3.26. The van der Waals surface area contributed by atoms with E-state index in [0.29, 0.717) is 23.6 Å². The number of anilines is 1. The van der Waals surface area contributed by atoms with Crippen molar-refractivity contribution in [1.29, 1.82) is 5.26 Å². The highest BCUT2D eigenvalue weighted by Gasteiger charge is 2.08. The Kier molecular flexibility index (Phi) is 6.61. The fourth-order valence-electron chi connectivity index (χ4n) is 2.24. The van der Waals surface area contributed by atoms with Crippen LogP contribution in [-0.2, 0) is 11.2 Å². The van der Waals surface area contributed by atoms with Crippen molar-refractivity contribution < 1.29 is 14.3 Å². The molecule has 128 valence electrons. The predicted octanol–water partition coefficient (Wildman–Crippen LogP) is 3.81. The summed E-state index contributed by atoms with van der Waals surface area (Å²) in [6, 6.07) is 14.7. The van der Waals surface area contributed by atoms with E-state index in [2.05, 4.69) is 11.4 Å². The van der Waals surface area contributed by atoms with Crippen molar-refractivity contribution in [2.75, 3.05) is 19.0 Å². The fraction of sp³-hybridized carbons (Fsp3) is 0.200. The average molecular weight is 336 g/mol. The fourth-order valence-corrected chi connectivity index (χ4v) is 2.24. The summed E-state index contributed by atoms with van der Waals surface area (Å²) in [5.74, 6) is 0.812. The second kappa shape index (κ2) is 9.14. The quantitative estimate of drug-likeness (QED) is 0.834. The van der Waals surface area contributed by atoms with Gasteiger partial charge in [-0.2, -0.15) is 5.26 Å². The standard InChI is InChI=1S/C20H20N2O3/c1-3-4-16-7-10-18(19(13-16)24-2)25-14-20(23)22-17-8-5-15(6-9-17)11-12-21/h3-10,13H,11,14H2,1-2H3,(H,22,23)/b4-3+. The number of nitrogens with zero attached hydrogens (tertiary/aromatic N) is 1. The molecule has 1 N–H and O–H groups in total. The van der Waals surface area contributed by atoms with Crippen LogP contribution in [0.2, 0.25) is 0 Å². The molecule has 0 fully saturated rings. The molecule has 1 amide bonds. The highest BCUT2D eigenvalue weighted by atomic mass is 16.5. The summed E-state index contributed by atoms with van der Waals surface area (Å²) in [6.07, 6.45) is 4.24. The molecule has 0 heterocycles. The molecule has 5 heteroatoms. The minimum absolute atomic E-state index is 0.126. The lowest BCUT2D eigenvalue weighted by Crippen LogP contribution is -2.20. The maximum Gasteiger partial charge on any atom is 0.262 e. The number of methoxy groups -OCH3 is 1. The van der Waals surface area contributed by atoms with Crippen molar-refractivity contribution in [2.24, 2.45) is 0 Å². The molecule has 2 aromatic carbocycles. The smallest absolute Gasteiger partial charge is 0.262 e. The van der Waals surface area contributed by atoms with Gasteiger partial charge in [0.15, 0.2) is 18.1 Å². The van der Waals surface area contributed by atoms with E-state index >= 15 is 0 Å². The monoisotopic (exact) mass is 336 g/mol. The Labute approximate surface area is 147 Å². The number of carbonyl (C=O) groups excluding carboxylic acids is 1. The lowest BCUT2D eigenvalue weighted by atomic mass is 10.1. The number of amides is 1. The number of ether oxygens (including phenoxy) is 2. The van der Waals surface area contributed by atoms with Gasteiger partial charge in [0.2, 0.25) is 0 Å². The summed E-state index contributed by atoms with van der Waals surface area (Å²) in [6.45, 7) is 1.81. The van der Waals surface area contributed by atoms with Gasteiger partial charge in [-0.05, 0) is 42.3 Å². The molecule has 0 aromatic heterocycles. The lowest BCUT2D eigenvalue weighted by molar-refractivity contribution is -0.118. The number of nitrogens with one attached hydrogen (secondary N) is 1. The van der Waals surface area contributed by atoms with Crippen LogP contribution in [0.4, 0.5) is 5.69 Å². The van der Waals surface area contributed by atoms with E-state index in [-0.39, 0.29) is 12.5 Å². The van der Waals surface area contributed by atoms with Gasteiger partial charge in [-0.15, -0.1) is 0 Å². The minimum Gasteiger partial charge on any atom is -0.493 e. The van der Waals surface area contributed by atoms with E-state index in [4.69, 9.17) is 14.7 Å². The van der Waals surface area contributed by atoms with Crippen LogP contribution >= 0.6 is 0 Å². The van der Waals surface area contributed by atoms with Gasteiger partial charge < -0.3 is 14.8 Å². The summed E-state index contributed by atoms with van der Waals surface area (Å²) in [4.78, 5) is 12.0. The van der Waals surface area contributed by atoms with Crippen LogP contribution in [0.3, 0.4) is 0 Å². The van der Waals surface area contributed by atoms with E-state index in [1.54, 1.807) is 25.3 Å². The van der Waals surface area contributed by atoms with Gasteiger partial charge in [0.05, 0.1) is 19.6 Å². The van der Waals surface area contributed by atoms with Crippen LogP contribution in [0.25, 0.3) is 6.08 Å². The molecule has 0 saturated carbocycles. The van der Waals surface area contributed by atoms with E-state index < -0.39 is 0 Å². The zero-order valence-corrected chi connectivity index (χ0v) is 14.3. The first-order chi connectivity index (χ1) is 12.2. The lowest BCUT2D eigenvalue weighted by Gasteiger charge is -2.11. The molecule has 0 unspecified atom stereocenters. The summed E-state index contributed by atoms with van der Waals surface area (Å²) in [5.41, 5.74) is 2.56. The topological polar surface area (TPSA) is 71.3 Å². The van der Waals surface area contributed by atoms with Crippen molar-refractivity contribution in [3.8, 4) is 17.6 Å². The first-order valence-electron chi connectivity index (χ1n) is 7.85. The van der Waals surface area contributed by atoms with Gasteiger partial charge in [0.25, 0.3) is 5.91 Å². The van der Waals surface area contributed by atoms with E-state index in [1.807, 2.05) is 43.3 Å². The first kappa shape index (κ1) is 18.1. The molecule has 0 spiro atoms. The Morgan fingerprint density at radius 3 is 2.60 bits per heavy atom. The van der Waals surface area contributed by atoms with Gasteiger partial charge >= 0.3 is 0 Å². The Balaban J connectivity index is 1.94. The molecule has 0 bridgehead atoms. The molecule has 0 saturated heterocycles. The first-order valence-corrected chi connectivity index (χ1v) is 7.85. The molecule has 0 aliphatic rings. The number of rotatable bonds is 7. The predicted molar refractivity (Wildman–Crippen MR) is 97.6 cm³/mol. The van der Waals surface area contributed by atoms with Crippen LogP contribution in [0.1, 0.15) is 18.1 Å². The zero-order chi connectivity index (χ0) is 18.1. The number of nitriles is 1. The van der Waals surface area contributed by atoms with Gasteiger partial charge in [-0.3, -0.25) is 4.79 Å². The summed E-state index contributed by atoms with van der Waals surface area (Å²) in [7, 11) is 1.56. The van der Waals surface area contributed by atoms with Crippen molar-refractivity contribution in [3.63, 3.8) is 0 Å². The third kappa shape index (κ3) is 5.40. The maximum absolute atomic E-state index is 12.0. The summed E-state index contributed by atoms with van der Waals surface area (Å²) in [5, 5.41) is 11.4. The minimum atomic E-state index is -0.271. The molecule has 5 nitrogen and oxygen atoms in total. The van der Waals surface area contributed by atoms with Gasteiger partial charge in [-0.25, -0.2) is 0 Å². The average Bonchev–Trinajstić information content (AvgIpc) is 2.62. The molecular formula is C20H20N2O3. The highest BCUT2D eigenvalue weighted by molar-refractivity contribution is 5.91. The molecule has 2 aromatic rings. The Morgan fingerprint density at radius 2 is 1.96 bits per heavy atom. The number of carbonyl (C=O) groups is 1. The summed E-state index contributed by atoms with van der Waals surface area (Å²) >= 11 is 0. The van der Waals surface area contributed by atoms with Gasteiger partial charge in [0.1, 0.15) is 0 Å². The third-order valence-electron chi connectivity index (χ3n) is 3.43.